The van der Waals surface area contributed by atoms with E-state index in [1.54, 1.807) is 25.1 Å². The van der Waals surface area contributed by atoms with E-state index in [-0.39, 0.29) is 11.6 Å². The fourth-order valence-corrected chi connectivity index (χ4v) is 3.07. The molecule has 120 valence electrons. The Morgan fingerprint density at radius 2 is 1.70 bits per heavy atom. The molecule has 0 aliphatic carbocycles. The lowest BCUT2D eigenvalue weighted by Crippen LogP contribution is -2.30. The molecule has 1 saturated heterocycles. The lowest BCUT2D eigenvalue weighted by atomic mass is 10.00. The number of anilines is 2. The van der Waals surface area contributed by atoms with E-state index in [9.17, 15) is 9.18 Å². The van der Waals surface area contributed by atoms with Crippen LogP contribution in [-0.4, -0.2) is 18.9 Å². The van der Waals surface area contributed by atoms with Crippen LogP contribution in [0.1, 0.15) is 40.7 Å². The SMILES string of the molecule is Cc1cc(C(=O)c2ccc(N3CCCCC3)c(N)c2)ccc1F. The van der Waals surface area contributed by atoms with Gasteiger partial charge in [-0.1, -0.05) is 0 Å². The summed E-state index contributed by atoms with van der Waals surface area (Å²) in [6, 6.07) is 9.87. The fraction of sp³-hybridized carbons (Fsp3) is 0.316. The molecule has 3 rings (SSSR count). The van der Waals surface area contributed by atoms with Gasteiger partial charge >= 0.3 is 0 Å². The Balaban J connectivity index is 1.86. The number of carbonyl (C=O) groups is 1. The van der Waals surface area contributed by atoms with Gasteiger partial charge in [-0.2, -0.15) is 0 Å². The van der Waals surface area contributed by atoms with Crippen LogP contribution in [-0.2, 0) is 0 Å². The molecular formula is C19H21FN2O. The van der Waals surface area contributed by atoms with Crippen molar-refractivity contribution >= 4 is 17.2 Å². The number of benzene rings is 2. The number of hydrogen-bond donors (Lipinski definition) is 1. The Morgan fingerprint density at radius 3 is 2.35 bits per heavy atom. The number of nitrogen functional groups attached to an aromatic ring is 1. The molecule has 0 saturated carbocycles. The van der Waals surface area contributed by atoms with Gasteiger partial charge in [-0.25, -0.2) is 4.39 Å². The van der Waals surface area contributed by atoms with Crippen molar-refractivity contribution < 1.29 is 9.18 Å². The summed E-state index contributed by atoms with van der Waals surface area (Å²) in [6.45, 7) is 3.67. The zero-order valence-electron chi connectivity index (χ0n) is 13.3. The van der Waals surface area contributed by atoms with Crippen molar-refractivity contribution in [2.24, 2.45) is 0 Å². The number of nitrogens with zero attached hydrogens (tertiary/aromatic N) is 1. The third kappa shape index (κ3) is 3.21. The van der Waals surface area contributed by atoms with Gasteiger partial charge in [0.1, 0.15) is 5.82 Å². The number of aryl methyl sites for hydroxylation is 1. The minimum atomic E-state index is -0.304. The molecule has 4 heteroatoms. The predicted molar refractivity (Wildman–Crippen MR) is 91.5 cm³/mol. The Labute approximate surface area is 135 Å². The number of rotatable bonds is 3. The Hall–Kier alpha value is -2.36. The molecule has 23 heavy (non-hydrogen) atoms. The van der Waals surface area contributed by atoms with Crippen LogP contribution in [0.4, 0.5) is 15.8 Å². The summed E-state index contributed by atoms with van der Waals surface area (Å²) in [4.78, 5) is 14.8. The fourth-order valence-electron chi connectivity index (χ4n) is 3.07. The van der Waals surface area contributed by atoms with E-state index in [1.165, 1.54) is 31.4 Å². The van der Waals surface area contributed by atoms with E-state index in [2.05, 4.69) is 4.90 Å². The number of hydrogen-bond acceptors (Lipinski definition) is 3. The first-order valence-electron chi connectivity index (χ1n) is 8.01. The van der Waals surface area contributed by atoms with Crippen molar-refractivity contribution in [3.05, 3.63) is 58.9 Å². The Kier molecular flexibility index (Phi) is 4.33. The van der Waals surface area contributed by atoms with Crippen LogP contribution in [0.3, 0.4) is 0 Å². The molecule has 1 fully saturated rings. The van der Waals surface area contributed by atoms with Crippen molar-refractivity contribution in [1.82, 2.24) is 0 Å². The highest BCUT2D eigenvalue weighted by Crippen LogP contribution is 2.28. The van der Waals surface area contributed by atoms with Crippen molar-refractivity contribution in [2.45, 2.75) is 26.2 Å². The molecule has 0 unspecified atom stereocenters. The van der Waals surface area contributed by atoms with Gasteiger partial charge in [-0.3, -0.25) is 4.79 Å². The molecule has 0 atom stereocenters. The normalized spacial score (nSPS) is 14.8. The monoisotopic (exact) mass is 312 g/mol. The highest BCUT2D eigenvalue weighted by Gasteiger charge is 2.16. The molecule has 1 aliphatic rings. The largest absolute Gasteiger partial charge is 0.397 e. The van der Waals surface area contributed by atoms with Crippen LogP contribution in [0, 0.1) is 12.7 Å². The van der Waals surface area contributed by atoms with Gasteiger partial charge in [-0.05, 0) is 68.1 Å². The lowest BCUT2D eigenvalue weighted by Gasteiger charge is -2.30. The van der Waals surface area contributed by atoms with Crippen molar-refractivity contribution in [2.75, 3.05) is 23.7 Å². The van der Waals surface area contributed by atoms with Gasteiger partial charge in [0.25, 0.3) is 0 Å². The van der Waals surface area contributed by atoms with Gasteiger partial charge in [-0.15, -0.1) is 0 Å². The number of halogens is 1. The van der Waals surface area contributed by atoms with Crippen molar-refractivity contribution in [1.29, 1.82) is 0 Å². The van der Waals surface area contributed by atoms with Crippen LogP contribution >= 0.6 is 0 Å². The molecule has 2 aromatic rings. The molecule has 0 spiro atoms. The first-order chi connectivity index (χ1) is 11.1. The molecule has 0 bridgehead atoms. The molecule has 0 aromatic heterocycles. The maximum Gasteiger partial charge on any atom is 0.193 e. The number of ketones is 1. The minimum absolute atomic E-state index is 0.134. The molecule has 0 radical (unpaired) electrons. The molecular weight excluding hydrogens is 291 g/mol. The quantitative estimate of drug-likeness (QED) is 0.690. The average molecular weight is 312 g/mol. The highest BCUT2D eigenvalue weighted by atomic mass is 19.1. The van der Waals surface area contributed by atoms with Gasteiger partial charge in [0.05, 0.1) is 11.4 Å². The standard InChI is InChI=1S/C19H21FN2O/c1-13-11-14(5-7-16(13)20)19(23)15-6-8-18(17(21)12-15)22-9-3-2-4-10-22/h5-8,11-12H,2-4,9-10,21H2,1H3. The number of nitrogens with two attached hydrogens (primary N) is 1. The summed E-state index contributed by atoms with van der Waals surface area (Å²) in [5, 5.41) is 0. The van der Waals surface area contributed by atoms with Crippen LogP contribution < -0.4 is 10.6 Å². The Morgan fingerprint density at radius 1 is 1.04 bits per heavy atom. The maximum absolute atomic E-state index is 13.4. The number of piperidine rings is 1. The van der Waals surface area contributed by atoms with Gasteiger partial charge in [0.2, 0.25) is 0 Å². The van der Waals surface area contributed by atoms with E-state index in [1.807, 2.05) is 6.07 Å². The van der Waals surface area contributed by atoms with E-state index < -0.39 is 0 Å². The summed E-state index contributed by atoms with van der Waals surface area (Å²) in [7, 11) is 0. The second-order valence-corrected chi connectivity index (χ2v) is 6.11. The van der Waals surface area contributed by atoms with Crippen LogP contribution in [0.15, 0.2) is 36.4 Å². The molecule has 0 amide bonds. The van der Waals surface area contributed by atoms with Crippen LogP contribution in [0.25, 0.3) is 0 Å². The predicted octanol–water partition coefficient (Wildman–Crippen LogP) is 3.94. The Bertz CT molecular complexity index is 736. The molecule has 1 aliphatic heterocycles. The third-order valence-electron chi connectivity index (χ3n) is 4.41. The van der Waals surface area contributed by atoms with Gasteiger partial charge in [0, 0.05) is 24.2 Å². The van der Waals surface area contributed by atoms with E-state index in [0.717, 1.165) is 18.8 Å². The van der Waals surface area contributed by atoms with Gasteiger partial charge < -0.3 is 10.6 Å². The number of carbonyl (C=O) groups excluding carboxylic acids is 1. The molecule has 1 heterocycles. The summed E-state index contributed by atoms with van der Waals surface area (Å²) in [5.41, 5.74) is 9.27. The molecule has 2 aromatic carbocycles. The van der Waals surface area contributed by atoms with Crippen LogP contribution in [0.5, 0.6) is 0 Å². The highest BCUT2D eigenvalue weighted by molar-refractivity contribution is 6.09. The smallest absolute Gasteiger partial charge is 0.193 e. The van der Waals surface area contributed by atoms with Crippen LogP contribution in [0.2, 0.25) is 0 Å². The topological polar surface area (TPSA) is 46.3 Å². The first kappa shape index (κ1) is 15.5. The van der Waals surface area contributed by atoms with E-state index >= 15 is 0 Å². The molecule has 2 N–H and O–H groups in total. The maximum atomic E-state index is 13.4. The van der Waals surface area contributed by atoms with Gasteiger partial charge in [0.15, 0.2) is 5.78 Å². The second-order valence-electron chi connectivity index (χ2n) is 6.11. The zero-order valence-corrected chi connectivity index (χ0v) is 13.3. The summed E-state index contributed by atoms with van der Waals surface area (Å²) < 4.78 is 13.4. The third-order valence-corrected chi connectivity index (χ3v) is 4.41. The summed E-state index contributed by atoms with van der Waals surface area (Å²) in [6.07, 6.45) is 3.61. The zero-order chi connectivity index (χ0) is 16.4. The minimum Gasteiger partial charge on any atom is -0.397 e. The second kappa shape index (κ2) is 6.41. The van der Waals surface area contributed by atoms with Crippen molar-refractivity contribution in [3.8, 4) is 0 Å². The molecule has 3 nitrogen and oxygen atoms in total. The van der Waals surface area contributed by atoms with E-state index in [0.29, 0.717) is 22.4 Å². The van der Waals surface area contributed by atoms with Crippen molar-refractivity contribution in [3.63, 3.8) is 0 Å². The summed E-state index contributed by atoms with van der Waals surface area (Å²) in [5.74, 6) is -0.438. The summed E-state index contributed by atoms with van der Waals surface area (Å²) >= 11 is 0. The average Bonchev–Trinajstić information content (AvgIpc) is 2.57. The van der Waals surface area contributed by atoms with E-state index in [4.69, 9.17) is 5.73 Å². The first-order valence-corrected chi connectivity index (χ1v) is 8.01. The lowest BCUT2D eigenvalue weighted by molar-refractivity contribution is 0.103.